The molecule has 11 atom stereocenters. The summed E-state index contributed by atoms with van der Waals surface area (Å²) in [6.45, 7) is 3.79. The number of hydrogen-bond donors (Lipinski definition) is 7. The number of carbonyl (C=O) groups excluding carboxylic acids is 1. The summed E-state index contributed by atoms with van der Waals surface area (Å²) in [7, 11) is 0. The van der Waals surface area contributed by atoms with Crippen LogP contribution in [0.3, 0.4) is 0 Å². The van der Waals surface area contributed by atoms with E-state index in [1.54, 1.807) is 0 Å². The van der Waals surface area contributed by atoms with Crippen molar-refractivity contribution in [2.75, 3.05) is 33.0 Å². The van der Waals surface area contributed by atoms with Crippen molar-refractivity contribution in [3.8, 4) is 0 Å². The van der Waals surface area contributed by atoms with Gasteiger partial charge in [-0.3, -0.25) is 4.79 Å². The molecule has 2 aliphatic rings. The standard InChI is InChI=1S/C65H126O14/c1-3-5-7-9-11-13-15-17-19-21-23-25-26-27-28-29-31-33-35-37-39-41-43-45-47-49-74-51-54(77-57(67)48-46-44-42-40-38-36-34-32-30-24-22-20-18-16-14-12-10-8-6-4-2)52-75-64-63(73)61(71)59(69)56(79-64)53-76-65-62(72)60(70)58(68)55(50-66)78-65/h54-56,58-66,68-73H,3-53H2,1-2H3. The molecule has 0 aromatic carbocycles. The second-order valence-electron chi connectivity index (χ2n) is 24.0. The second kappa shape index (κ2) is 52.5. The first-order valence-corrected chi connectivity index (χ1v) is 33.6. The van der Waals surface area contributed by atoms with Crippen molar-refractivity contribution in [3.63, 3.8) is 0 Å². The number of esters is 1. The van der Waals surface area contributed by atoms with E-state index in [-0.39, 0.29) is 25.6 Å². The number of carbonyl (C=O) groups is 1. The fourth-order valence-electron chi connectivity index (χ4n) is 11.2. The molecule has 0 aromatic rings. The zero-order valence-corrected chi connectivity index (χ0v) is 50.9. The fraction of sp³-hybridized carbons (Fsp3) is 0.985. The molecule has 14 nitrogen and oxygen atoms in total. The maximum atomic E-state index is 13.1. The molecule has 0 bridgehead atoms. The molecule has 2 aliphatic heterocycles. The molecule has 11 unspecified atom stereocenters. The summed E-state index contributed by atoms with van der Waals surface area (Å²) in [5.74, 6) is -0.365. The average Bonchev–Trinajstić information content (AvgIpc) is 3.45. The number of hydrogen-bond acceptors (Lipinski definition) is 14. The molecule has 0 saturated carbocycles. The third kappa shape index (κ3) is 38.5. The summed E-state index contributed by atoms with van der Waals surface area (Å²) in [5, 5.41) is 72.5. The predicted octanol–water partition coefficient (Wildman–Crippen LogP) is 13.5. The van der Waals surface area contributed by atoms with E-state index in [0.29, 0.717) is 6.61 Å². The Bertz CT molecular complexity index is 1310. The molecule has 0 radical (unpaired) electrons. The normalized spacial score (nSPS) is 23.9. The van der Waals surface area contributed by atoms with Crippen molar-refractivity contribution in [2.45, 2.75) is 377 Å². The van der Waals surface area contributed by atoms with Gasteiger partial charge in [-0.2, -0.15) is 0 Å². The summed E-state index contributed by atoms with van der Waals surface area (Å²) in [4.78, 5) is 13.1. The highest BCUT2D eigenvalue weighted by atomic mass is 16.7. The van der Waals surface area contributed by atoms with Crippen molar-refractivity contribution in [2.24, 2.45) is 0 Å². The predicted molar refractivity (Wildman–Crippen MR) is 317 cm³/mol. The van der Waals surface area contributed by atoms with Gasteiger partial charge in [0.2, 0.25) is 0 Å². The van der Waals surface area contributed by atoms with Crippen LogP contribution in [0, 0.1) is 0 Å². The van der Waals surface area contributed by atoms with E-state index in [1.165, 1.54) is 244 Å². The average molecular weight is 1130 g/mol. The van der Waals surface area contributed by atoms with Crippen molar-refractivity contribution in [1.29, 1.82) is 0 Å². The molecule has 2 heterocycles. The van der Waals surface area contributed by atoms with Crippen LogP contribution in [0.15, 0.2) is 0 Å². The Labute approximate surface area is 482 Å². The maximum Gasteiger partial charge on any atom is 0.306 e. The van der Waals surface area contributed by atoms with Crippen LogP contribution in [-0.2, 0) is 33.2 Å². The first kappa shape index (κ1) is 74.1. The van der Waals surface area contributed by atoms with Crippen LogP contribution >= 0.6 is 0 Å². The van der Waals surface area contributed by atoms with Gasteiger partial charge in [0.15, 0.2) is 12.6 Å². The highest BCUT2D eigenvalue weighted by Gasteiger charge is 2.47. The van der Waals surface area contributed by atoms with Gasteiger partial charge in [-0.15, -0.1) is 0 Å². The highest BCUT2D eigenvalue weighted by Crippen LogP contribution is 2.27. The minimum atomic E-state index is -1.70. The fourth-order valence-corrected chi connectivity index (χ4v) is 11.2. The van der Waals surface area contributed by atoms with Crippen LogP contribution in [0.2, 0.25) is 0 Å². The quantitative estimate of drug-likeness (QED) is 0.0223. The third-order valence-corrected chi connectivity index (χ3v) is 16.6. The molecule has 79 heavy (non-hydrogen) atoms. The van der Waals surface area contributed by atoms with Gasteiger partial charge in [0.1, 0.15) is 54.9 Å². The first-order valence-electron chi connectivity index (χ1n) is 33.6. The van der Waals surface area contributed by atoms with Crippen LogP contribution in [0.1, 0.15) is 309 Å². The second-order valence-corrected chi connectivity index (χ2v) is 24.0. The van der Waals surface area contributed by atoms with Gasteiger partial charge in [0, 0.05) is 13.0 Å². The van der Waals surface area contributed by atoms with Gasteiger partial charge in [0.05, 0.1) is 26.4 Å². The summed E-state index contributed by atoms with van der Waals surface area (Å²) in [5.41, 5.74) is 0. The zero-order chi connectivity index (χ0) is 57.2. The van der Waals surface area contributed by atoms with Crippen LogP contribution in [0.4, 0.5) is 0 Å². The van der Waals surface area contributed by atoms with Gasteiger partial charge in [-0.25, -0.2) is 0 Å². The van der Waals surface area contributed by atoms with E-state index >= 15 is 0 Å². The topological polar surface area (TPSA) is 214 Å². The van der Waals surface area contributed by atoms with E-state index in [0.717, 1.165) is 44.9 Å². The molecule has 7 N–H and O–H groups in total. The minimum absolute atomic E-state index is 0.0715. The molecule has 0 spiro atoms. The molecule has 14 heteroatoms. The Morgan fingerprint density at radius 2 is 0.671 bits per heavy atom. The van der Waals surface area contributed by atoms with Crippen molar-refractivity contribution < 1.29 is 69.0 Å². The summed E-state index contributed by atoms with van der Waals surface area (Å²) in [6.07, 6.45) is 43.2. The molecule has 470 valence electrons. The maximum absolute atomic E-state index is 13.1. The third-order valence-electron chi connectivity index (χ3n) is 16.6. The van der Waals surface area contributed by atoms with Crippen LogP contribution in [-0.4, -0.2) is 142 Å². The molecule has 2 saturated heterocycles. The van der Waals surface area contributed by atoms with Gasteiger partial charge in [-0.1, -0.05) is 290 Å². The lowest BCUT2D eigenvalue weighted by Gasteiger charge is -2.42. The lowest BCUT2D eigenvalue weighted by molar-refractivity contribution is -0.332. The lowest BCUT2D eigenvalue weighted by Crippen LogP contribution is -2.61. The van der Waals surface area contributed by atoms with E-state index in [1.807, 2.05) is 0 Å². The van der Waals surface area contributed by atoms with Gasteiger partial charge in [0.25, 0.3) is 0 Å². The molecular formula is C65H126O14. The Kier molecular flexibility index (Phi) is 49.3. The molecule has 2 fully saturated rings. The number of rotatable bonds is 57. The van der Waals surface area contributed by atoms with Gasteiger partial charge in [-0.05, 0) is 12.8 Å². The van der Waals surface area contributed by atoms with E-state index in [4.69, 9.17) is 28.4 Å². The number of aliphatic hydroxyl groups is 7. The zero-order valence-electron chi connectivity index (χ0n) is 50.9. The van der Waals surface area contributed by atoms with E-state index < -0.39 is 80.7 Å². The van der Waals surface area contributed by atoms with Crippen molar-refractivity contribution in [3.05, 3.63) is 0 Å². The van der Waals surface area contributed by atoms with Crippen molar-refractivity contribution >= 4 is 5.97 Å². The van der Waals surface area contributed by atoms with Crippen LogP contribution in [0.25, 0.3) is 0 Å². The molecular weight excluding hydrogens is 1000 g/mol. The highest BCUT2D eigenvalue weighted by molar-refractivity contribution is 5.69. The SMILES string of the molecule is CCCCCCCCCCCCCCCCCCCCCCCCCCCOCC(COC1OC(COC2OC(CO)C(O)C(O)C2O)C(O)C(O)C1O)OC(=O)CCCCCCCCCCCCCCCCCCCCCC. The summed E-state index contributed by atoms with van der Waals surface area (Å²) in [6, 6.07) is 0. The van der Waals surface area contributed by atoms with E-state index in [2.05, 4.69) is 13.8 Å². The number of ether oxygens (including phenoxy) is 6. The molecule has 0 aliphatic carbocycles. The minimum Gasteiger partial charge on any atom is -0.457 e. The Hall–Kier alpha value is -1.01. The largest absolute Gasteiger partial charge is 0.457 e. The number of aliphatic hydroxyl groups excluding tert-OH is 7. The van der Waals surface area contributed by atoms with Gasteiger partial charge >= 0.3 is 5.97 Å². The first-order chi connectivity index (χ1) is 38.6. The van der Waals surface area contributed by atoms with Crippen LogP contribution < -0.4 is 0 Å². The lowest BCUT2D eigenvalue weighted by atomic mass is 9.98. The van der Waals surface area contributed by atoms with Crippen molar-refractivity contribution in [1.82, 2.24) is 0 Å². The van der Waals surface area contributed by atoms with Gasteiger partial charge < -0.3 is 64.2 Å². The number of unbranched alkanes of at least 4 members (excludes halogenated alkanes) is 43. The monoisotopic (exact) mass is 1130 g/mol. The summed E-state index contributed by atoms with van der Waals surface area (Å²) >= 11 is 0. The van der Waals surface area contributed by atoms with Crippen LogP contribution in [0.5, 0.6) is 0 Å². The Morgan fingerprint density at radius 1 is 0.367 bits per heavy atom. The van der Waals surface area contributed by atoms with E-state index in [9.17, 15) is 40.5 Å². The summed E-state index contributed by atoms with van der Waals surface area (Å²) < 4.78 is 34.5. The molecule has 2 rings (SSSR count). The Balaban J connectivity index is 1.64. The smallest absolute Gasteiger partial charge is 0.306 e. The Morgan fingerprint density at radius 3 is 1.03 bits per heavy atom. The molecule has 0 amide bonds. The molecule has 0 aromatic heterocycles.